The number of para-hydroxylation sites is 1. The highest BCUT2D eigenvalue weighted by molar-refractivity contribution is 7.12. The number of rotatable bonds is 10. The highest BCUT2D eigenvalue weighted by atomic mass is 32.1. The number of anilines is 1. The van der Waals surface area contributed by atoms with Gasteiger partial charge in [0.15, 0.2) is 11.5 Å². The van der Waals surface area contributed by atoms with E-state index in [1.807, 2.05) is 0 Å². The zero-order chi connectivity index (χ0) is 29.1. The van der Waals surface area contributed by atoms with Gasteiger partial charge in [-0.1, -0.05) is 29.8 Å². The highest BCUT2D eigenvalue weighted by Gasteiger charge is 2.38. The Labute approximate surface area is 240 Å². The van der Waals surface area contributed by atoms with E-state index < -0.39 is 24.3 Å². The lowest BCUT2D eigenvalue weighted by Crippen LogP contribution is -2.48. The van der Waals surface area contributed by atoms with Gasteiger partial charge in [-0.3, -0.25) is 19.3 Å². The summed E-state index contributed by atoms with van der Waals surface area (Å²) in [4.78, 5) is 44.1. The molecule has 5 rings (SSSR count). The van der Waals surface area contributed by atoms with Gasteiger partial charge in [-0.25, -0.2) is 8.78 Å². The maximum atomic E-state index is 14.2. The van der Waals surface area contributed by atoms with Gasteiger partial charge >= 0.3 is 0 Å². The van der Waals surface area contributed by atoms with Crippen LogP contribution in [-0.2, 0) is 9.59 Å². The first-order chi connectivity index (χ1) is 19.7. The number of benzene rings is 2. The number of amides is 3. The second kappa shape index (κ2) is 12.3. The Hall–Kier alpha value is -3.99. The third-order valence-electron chi connectivity index (χ3n) is 6.98. The topological polar surface area (TPSA) is 88.2 Å². The van der Waals surface area contributed by atoms with Gasteiger partial charge < -0.3 is 19.7 Å². The molecule has 1 aliphatic carbocycles. The molecule has 0 spiro atoms. The van der Waals surface area contributed by atoms with Crippen molar-refractivity contribution in [3.8, 4) is 11.5 Å². The van der Waals surface area contributed by atoms with Gasteiger partial charge in [0.25, 0.3) is 12.3 Å². The summed E-state index contributed by atoms with van der Waals surface area (Å²) >= 11 is 1.25. The third-order valence-corrected chi connectivity index (χ3v) is 7.84. The van der Waals surface area contributed by atoms with Crippen molar-refractivity contribution in [3.63, 3.8) is 0 Å². The molecule has 2 aliphatic rings. The van der Waals surface area contributed by atoms with Crippen LogP contribution in [0.2, 0.25) is 0 Å². The van der Waals surface area contributed by atoms with Crippen molar-refractivity contribution in [2.24, 2.45) is 5.92 Å². The SMILES string of the molecule is Cc1cc(C(F)F)cc(C(C(=O)NCC2CC2)N(C(=O)CN(C)C(=O)c2cccs2)c2cccc3c2OCCO3)c1. The van der Waals surface area contributed by atoms with Crippen LogP contribution in [0.15, 0.2) is 53.9 Å². The number of likely N-dealkylation sites (N-methyl/N-ethyl adjacent to an activating group) is 1. The van der Waals surface area contributed by atoms with E-state index in [1.165, 1.54) is 40.3 Å². The van der Waals surface area contributed by atoms with Gasteiger partial charge in [-0.2, -0.15) is 0 Å². The largest absolute Gasteiger partial charge is 0.486 e. The summed E-state index contributed by atoms with van der Waals surface area (Å²) in [7, 11) is 1.50. The van der Waals surface area contributed by atoms with Crippen molar-refractivity contribution in [2.75, 3.05) is 38.3 Å². The van der Waals surface area contributed by atoms with Crippen molar-refractivity contribution in [2.45, 2.75) is 32.2 Å². The molecule has 1 N–H and O–H groups in total. The second-order valence-electron chi connectivity index (χ2n) is 10.3. The number of ether oxygens (including phenoxy) is 2. The molecule has 2 aromatic carbocycles. The van der Waals surface area contributed by atoms with Crippen LogP contribution in [0.4, 0.5) is 14.5 Å². The molecule has 216 valence electrons. The summed E-state index contributed by atoms with van der Waals surface area (Å²) in [6.45, 7) is 2.23. The standard InChI is InChI=1S/C30H31F2N3O5S/c1-18-13-20(15-21(14-18)28(31)32)26(29(37)33-16-19-8-9-19)35(22-5-3-6-23-27(22)40-11-10-39-23)25(36)17-34(2)30(38)24-7-4-12-41-24/h3-7,12-15,19,26,28H,8-11,16-17H2,1-2H3,(H,33,37). The van der Waals surface area contributed by atoms with Crippen LogP contribution in [-0.4, -0.2) is 56.0 Å². The Morgan fingerprint density at radius 1 is 1.05 bits per heavy atom. The molecule has 1 aliphatic heterocycles. The fourth-order valence-electron chi connectivity index (χ4n) is 4.81. The normalized spacial score (nSPS) is 14.9. The fraction of sp³-hybridized carbons (Fsp3) is 0.367. The van der Waals surface area contributed by atoms with E-state index in [0.29, 0.717) is 35.3 Å². The van der Waals surface area contributed by atoms with E-state index in [-0.39, 0.29) is 41.6 Å². The third kappa shape index (κ3) is 6.51. The number of nitrogens with one attached hydrogen (secondary N) is 1. The summed E-state index contributed by atoms with van der Waals surface area (Å²) in [6.07, 6.45) is -0.801. The van der Waals surface area contributed by atoms with Crippen LogP contribution >= 0.6 is 11.3 Å². The molecular formula is C30H31F2N3O5S. The first-order valence-corrected chi connectivity index (χ1v) is 14.3. The first kappa shape index (κ1) is 28.5. The maximum absolute atomic E-state index is 14.2. The van der Waals surface area contributed by atoms with Crippen molar-refractivity contribution < 1.29 is 32.6 Å². The second-order valence-corrected chi connectivity index (χ2v) is 11.2. The summed E-state index contributed by atoms with van der Waals surface area (Å²) in [5.41, 5.74) is 0.733. The van der Waals surface area contributed by atoms with Gasteiger partial charge in [0, 0.05) is 19.2 Å². The number of aryl methyl sites for hydroxylation is 1. The number of fused-ring (bicyclic) bond motifs is 1. The van der Waals surface area contributed by atoms with E-state index in [2.05, 4.69) is 5.32 Å². The zero-order valence-electron chi connectivity index (χ0n) is 22.8. The molecule has 0 radical (unpaired) electrons. The minimum atomic E-state index is -2.77. The fourth-order valence-corrected chi connectivity index (χ4v) is 5.53. The predicted molar refractivity (Wildman–Crippen MR) is 151 cm³/mol. The number of thiophene rings is 1. The van der Waals surface area contributed by atoms with Gasteiger partial charge in [0.2, 0.25) is 11.8 Å². The monoisotopic (exact) mass is 583 g/mol. The summed E-state index contributed by atoms with van der Waals surface area (Å²) in [5, 5.41) is 4.69. The smallest absolute Gasteiger partial charge is 0.264 e. The molecule has 1 atom stereocenters. The Morgan fingerprint density at radius 2 is 1.80 bits per heavy atom. The Morgan fingerprint density at radius 3 is 2.51 bits per heavy atom. The summed E-state index contributed by atoms with van der Waals surface area (Å²) in [5.74, 6) is -0.462. The van der Waals surface area contributed by atoms with Crippen molar-refractivity contribution in [3.05, 3.63) is 75.5 Å². The Kier molecular flexibility index (Phi) is 8.53. The van der Waals surface area contributed by atoms with Gasteiger partial charge in [0.1, 0.15) is 25.8 Å². The number of hydrogen-bond acceptors (Lipinski definition) is 6. The van der Waals surface area contributed by atoms with Crippen LogP contribution in [0.5, 0.6) is 11.5 Å². The Bertz CT molecular complexity index is 1430. The first-order valence-electron chi connectivity index (χ1n) is 13.4. The molecular weight excluding hydrogens is 552 g/mol. The molecule has 8 nitrogen and oxygen atoms in total. The van der Waals surface area contributed by atoms with Crippen LogP contribution in [0.25, 0.3) is 0 Å². The molecule has 0 saturated heterocycles. The van der Waals surface area contributed by atoms with Crippen LogP contribution in [0, 0.1) is 12.8 Å². The summed E-state index contributed by atoms with van der Waals surface area (Å²) < 4.78 is 39.4. The van der Waals surface area contributed by atoms with Crippen LogP contribution in [0.1, 0.15) is 51.7 Å². The average Bonchev–Trinajstić information content (AvgIpc) is 3.63. The lowest BCUT2D eigenvalue weighted by atomic mass is 9.97. The molecule has 11 heteroatoms. The molecule has 1 fully saturated rings. The molecule has 2 heterocycles. The van der Waals surface area contributed by atoms with Crippen molar-refractivity contribution in [1.82, 2.24) is 10.2 Å². The van der Waals surface area contributed by atoms with Crippen LogP contribution < -0.4 is 19.7 Å². The number of hydrogen-bond donors (Lipinski definition) is 1. The van der Waals surface area contributed by atoms with E-state index in [0.717, 1.165) is 12.8 Å². The predicted octanol–water partition coefficient (Wildman–Crippen LogP) is 5.14. The molecule has 1 saturated carbocycles. The maximum Gasteiger partial charge on any atom is 0.264 e. The zero-order valence-corrected chi connectivity index (χ0v) is 23.6. The van der Waals surface area contributed by atoms with Crippen molar-refractivity contribution in [1.29, 1.82) is 0 Å². The lowest BCUT2D eigenvalue weighted by Gasteiger charge is -2.35. The Balaban J connectivity index is 1.61. The molecule has 1 aromatic heterocycles. The number of carbonyl (C=O) groups is 3. The van der Waals surface area contributed by atoms with E-state index in [4.69, 9.17) is 9.47 Å². The van der Waals surface area contributed by atoms with Gasteiger partial charge in [-0.05, 0) is 60.9 Å². The molecule has 3 aromatic rings. The van der Waals surface area contributed by atoms with Gasteiger partial charge in [-0.15, -0.1) is 11.3 Å². The van der Waals surface area contributed by atoms with E-state index in [1.54, 1.807) is 48.7 Å². The number of carbonyl (C=O) groups excluding carboxylic acids is 3. The van der Waals surface area contributed by atoms with Crippen molar-refractivity contribution >= 4 is 34.7 Å². The van der Waals surface area contributed by atoms with E-state index in [9.17, 15) is 23.2 Å². The lowest BCUT2D eigenvalue weighted by molar-refractivity contribution is -0.126. The van der Waals surface area contributed by atoms with E-state index >= 15 is 0 Å². The molecule has 0 bridgehead atoms. The average molecular weight is 584 g/mol. The molecule has 3 amide bonds. The molecule has 41 heavy (non-hydrogen) atoms. The number of nitrogens with zero attached hydrogens (tertiary/aromatic N) is 2. The summed E-state index contributed by atoms with van der Waals surface area (Å²) in [6, 6.07) is 11.3. The minimum absolute atomic E-state index is 0.224. The molecule has 1 unspecified atom stereocenters. The quantitative estimate of drug-likeness (QED) is 0.357. The minimum Gasteiger partial charge on any atom is -0.486 e. The van der Waals surface area contributed by atoms with Gasteiger partial charge in [0.05, 0.1) is 10.6 Å². The number of alkyl halides is 2. The number of halogens is 2. The highest BCUT2D eigenvalue weighted by Crippen LogP contribution is 2.43. The van der Waals surface area contributed by atoms with Crippen LogP contribution in [0.3, 0.4) is 0 Å².